The van der Waals surface area contributed by atoms with Gasteiger partial charge in [-0.3, -0.25) is 4.79 Å². The first-order chi connectivity index (χ1) is 16.0. The molecule has 0 saturated carbocycles. The summed E-state index contributed by atoms with van der Waals surface area (Å²) in [5.41, 5.74) is 4.41. The number of amides is 2. The zero-order valence-corrected chi connectivity index (χ0v) is 18.6. The molecule has 0 aromatic heterocycles. The predicted octanol–water partition coefficient (Wildman–Crippen LogP) is 2.15. The molecule has 9 nitrogen and oxygen atoms in total. The molecule has 3 rings (SSSR count). The Hall–Kier alpha value is -3.43. The number of nitrogens with one attached hydrogen (secondary N) is 2. The van der Waals surface area contributed by atoms with E-state index in [2.05, 4.69) is 10.6 Å². The fourth-order valence-electron chi connectivity index (χ4n) is 3.92. The van der Waals surface area contributed by atoms with Gasteiger partial charge in [-0.05, 0) is 22.3 Å². The highest BCUT2D eigenvalue weighted by Gasteiger charge is 2.30. The summed E-state index contributed by atoms with van der Waals surface area (Å²) >= 11 is 0. The summed E-state index contributed by atoms with van der Waals surface area (Å²) in [5, 5.41) is 14.1. The molecule has 0 fully saturated rings. The highest BCUT2D eigenvalue weighted by Crippen LogP contribution is 2.44. The Labute approximate surface area is 192 Å². The summed E-state index contributed by atoms with van der Waals surface area (Å²) in [6, 6.07) is 15.0. The smallest absolute Gasteiger partial charge is 0.407 e. The number of ether oxygens (including phenoxy) is 3. The SMILES string of the molecule is COCC(NC(=O)OCC1c2ccccc2-c2ccccc21)C(=O)NCCC(OC)C(=O)O. The van der Waals surface area contributed by atoms with Crippen LogP contribution in [0.25, 0.3) is 11.1 Å². The molecule has 2 atom stereocenters. The Bertz CT molecular complexity index is 949. The molecular weight excluding hydrogens is 428 g/mol. The van der Waals surface area contributed by atoms with Crippen LogP contribution in [0.5, 0.6) is 0 Å². The molecule has 1 aliphatic rings. The van der Waals surface area contributed by atoms with Gasteiger partial charge < -0.3 is 30.0 Å². The van der Waals surface area contributed by atoms with Gasteiger partial charge >= 0.3 is 12.1 Å². The average molecular weight is 456 g/mol. The van der Waals surface area contributed by atoms with Crippen LogP contribution >= 0.6 is 0 Å². The molecule has 33 heavy (non-hydrogen) atoms. The minimum atomic E-state index is -1.11. The Morgan fingerprint density at radius 3 is 2.15 bits per heavy atom. The van der Waals surface area contributed by atoms with E-state index in [0.717, 1.165) is 22.3 Å². The van der Waals surface area contributed by atoms with Crippen LogP contribution in [0.4, 0.5) is 4.79 Å². The molecule has 3 N–H and O–H groups in total. The van der Waals surface area contributed by atoms with Gasteiger partial charge in [-0.2, -0.15) is 0 Å². The number of carboxylic acids is 1. The molecule has 9 heteroatoms. The maximum absolute atomic E-state index is 12.5. The number of rotatable bonds is 11. The molecule has 0 radical (unpaired) electrons. The van der Waals surface area contributed by atoms with Crippen molar-refractivity contribution in [2.45, 2.75) is 24.5 Å². The average Bonchev–Trinajstić information content (AvgIpc) is 3.13. The van der Waals surface area contributed by atoms with E-state index < -0.39 is 30.1 Å². The highest BCUT2D eigenvalue weighted by atomic mass is 16.5. The van der Waals surface area contributed by atoms with Gasteiger partial charge in [0.15, 0.2) is 6.10 Å². The van der Waals surface area contributed by atoms with Crippen LogP contribution < -0.4 is 10.6 Å². The Kier molecular flexibility index (Phi) is 8.39. The molecular formula is C24H28N2O7. The van der Waals surface area contributed by atoms with Crippen molar-refractivity contribution in [1.29, 1.82) is 0 Å². The molecule has 2 amide bonds. The molecule has 0 saturated heterocycles. The van der Waals surface area contributed by atoms with Gasteiger partial charge in [0.05, 0.1) is 6.61 Å². The predicted molar refractivity (Wildman–Crippen MR) is 120 cm³/mol. The molecule has 2 unspecified atom stereocenters. The number of benzene rings is 2. The highest BCUT2D eigenvalue weighted by molar-refractivity contribution is 5.86. The lowest BCUT2D eigenvalue weighted by atomic mass is 9.98. The van der Waals surface area contributed by atoms with Crippen LogP contribution in [-0.4, -0.2) is 69.2 Å². The second-order valence-electron chi connectivity index (χ2n) is 7.62. The van der Waals surface area contributed by atoms with Crippen molar-refractivity contribution in [3.63, 3.8) is 0 Å². The van der Waals surface area contributed by atoms with E-state index in [-0.39, 0.29) is 32.1 Å². The van der Waals surface area contributed by atoms with Crippen molar-refractivity contribution in [3.8, 4) is 11.1 Å². The van der Waals surface area contributed by atoms with E-state index in [1.807, 2.05) is 48.5 Å². The van der Waals surface area contributed by atoms with Gasteiger partial charge in [0.25, 0.3) is 0 Å². The number of alkyl carbamates (subject to hydrolysis) is 1. The van der Waals surface area contributed by atoms with Gasteiger partial charge in [0.1, 0.15) is 12.6 Å². The Morgan fingerprint density at radius 2 is 1.61 bits per heavy atom. The van der Waals surface area contributed by atoms with Crippen molar-refractivity contribution < 1.29 is 33.7 Å². The van der Waals surface area contributed by atoms with E-state index in [1.54, 1.807) is 0 Å². The first-order valence-electron chi connectivity index (χ1n) is 10.6. The quantitative estimate of drug-likeness (QED) is 0.473. The van der Waals surface area contributed by atoms with Crippen LogP contribution in [0.3, 0.4) is 0 Å². The maximum atomic E-state index is 12.5. The van der Waals surface area contributed by atoms with E-state index in [0.29, 0.717) is 0 Å². The fraction of sp³-hybridized carbons (Fsp3) is 0.375. The van der Waals surface area contributed by atoms with E-state index >= 15 is 0 Å². The van der Waals surface area contributed by atoms with Gasteiger partial charge in [-0.25, -0.2) is 9.59 Å². The Morgan fingerprint density at radius 1 is 1.00 bits per heavy atom. The lowest BCUT2D eigenvalue weighted by Gasteiger charge is -2.19. The number of carboxylic acid groups (broad SMARTS) is 1. The van der Waals surface area contributed by atoms with E-state index in [9.17, 15) is 14.4 Å². The molecule has 1 aliphatic carbocycles. The minimum Gasteiger partial charge on any atom is -0.479 e. The maximum Gasteiger partial charge on any atom is 0.407 e. The largest absolute Gasteiger partial charge is 0.479 e. The number of methoxy groups -OCH3 is 2. The van der Waals surface area contributed by atoms with Crippen LogP contribution in [0, 0.1) is 0 Å². The third kappa shape index (κ3) is 5.88. The molecule has 0 heterocycles. The molecule has 0 bridgehead atoms. The van der Waals surface area contributed by atoms with E-state index in [1.165, 1.54) is 14.2 Å². The molecule has 176 valence electrons. The second kappa shape index (κ2) is 11.4. The standard InChI is InChI=1S/C24H28N2O7/c1-31-14-20(22(27)25-12-11-21(32-2)23(28)29)26-24(30)33-13-19-17-9-5-3-7-15(17)16-8-4-6-10-18(16)19/h3-10,19-21H,11-14H2,1-2H3,(H,25,27)(H,26,30)(H,28,29). The lowest BCUT2D eigenvalue weighted by molar-refractivity contribution is -0.149. The number of carbonyl (C=O) groups is 3. The van der Waals surface area contributed by atoms with Crippen molar-refractivity contribution >= 4 is 18.0 Å². The third-order valence-electron chi connectivity index (χ3n) is 5.55. The van der Waals surface area contributed by atoms with Crippen molar-refractivity contribution in [1.82, 2.24) is 10.6 Å². The zero-order chi connectivity index (χ0) is 23.8. The van der Waals surface area contributed by atoms with Crippen LogP contribution in [-0.2, 0) is 23.8 Å². The number of carbonyl (C=O) groups excluding carboxylic acids is 2. The minimum absolute atomic E-state index is 0.0657. The van der Waals surface area contributed by atoms with Crippen molar-refractivity contribution in [3.05, 3.63) is 59.7 Å². The van der Waals surface area contributed by atoms with Gasteiger partial charge in [0.2, 0.25) is 5.91 Å². The first-order valence-corrected chi connectivity index (χ1v) is 10.6. The summed E-state index contributed by atoms with van der Waals surface area (Å²) in [4.78, 5) is 35.9. The monoisotopic (exact) mass is 456 g/mol. The summed E-state index contributed by atoms with van der Waals surface area (Å²) < 4.78 is 15.3. The number of hydrogen-bond acceptors (Lipinski definition) is 6. The first kappa shape index (κ1) is 24.2. The van der Waals surface area contributed by atoms with Crippen LogP contribution in [0.2, 0.25) is 0 Å². The van der Waals surface area contributed by atoms with Crippen LogP contribution in [0.1, 0.15) is 23.5 Å². The zero-order valence-electron chi connectivity index (χ0n) is 18.6. The lowest BCUT2D eigenvalue weighted by Crippen LogP contribution is -2.50. The van der Waals surface area contributed by atoms with Crippen molar-refractivity contribution in [2.24, 2.45) is 0 Å². The number of hydrogen-bond donors (Lipinski definition) is 3. The summed E-state index contributed by atoms with van der Waals surface area (Å²) in [6.45, 7) is 0.119. The van der Waals surface area contributed by atoms with Crippen LogP contribution in [0.15, 0.2) is 48.5 Å². The topological polar surface area (TPSA) is 123 Å². The summed E-state index contributed by atoms with van der Waals surface area (Å²) in [7, 11) is 2.69. The fourth-order valence-corrected chi connectivity index (χ4v) is 3.92. The molecule has 2 aromatic rings. The normalized spacial score (nSPS) is 14.0. The van der Waals surface area contributed by atoms with Gasteiger partial charge in [-0.15, -0.1) is 0 Å². The Balaban J connectivity index is 1.56. The second-order valence-corrected chi connectivity index (χ2v) is 7.62. The molecule has 0 aliphatic heterocycles. The van der Waals surface area contributed by atoms with Gasteiger partial charge in [-0.1, -0.05) is 48.5 Å². The summed E-state index contributed by atoms with van der Waals surface area (Å²) in [5.74, 6) is -1.72. The van der Waals surface area contributed by atoms with Crippen molar-refractivity contribution in [2.75, 3.05) is 34.0 Å². The third-order valence-corrected chi connectivity index (χ3v) is 5.55. The van der Waals surface area contributed by atoms with E-state index in [4.69, 9.17) is 19.3 Å². The van der Waals surface area contributed by atoms with Gasteiger partial charge in [0, 0.05) is 33.1 Å². The number of aliphatic carboxylic acids is 1. The molecule has 0 spiro atoms. The number of fused-ring (bicyclic) bond motifs is 3. The molecule has 2 aromatic carbocycles. The summed E-state index contributed by atoms with van der Waals surface area (Å²) in [6.07, 6.45) is -1.68.